The van der Waals surface area contributed by atoms with Crippen LogP contribution in [0.25, 0.3) is 0 Å². The van der Waals surface area contributed by atoms with Gasteiger partial charge in [-0.2, -0.15) is 0 Å². The molecule has 0 fully saturated rings. The summed E-state index contributed by atoms with van der Waals surface area (Å²) in [6, 6.07) is 4.81. The van der Waals surface area contributed by atoms with Gasteiger partial charge in [0.15, 0.2) is 0 Å². The average molecular weight is 292 g/mol. The van der Waals surface area contributed by atoms with Crippen LogP contribution >= 0.6 is 0 Å². The van der Waals surface area contributed by atoms with Gasteiger partial charge in [0, 0.05) is 5.69 Å². The van der Waals surface area contributed by atoms with Crippen LogP contribution in [0.5, 0.6) is 0 Å². The molecule has 2 unspecified atom stereocenters. The number of hydrogen-bond acceptors (Lipinski definition) is 4. The van der Waals surface area contributed by atoms with E-state index in [0.29, 0.717) is 25.8 Å². The molecule has 1 aromatic carbocycles. The van der Waals surface area contributed by atoms with E-state index in [9.17, 15) is 14.7 Å². The first-order chi connectivity index (χ1) is 10.0. The number of benzene rings is 1. The minimum absolute atomic E-state index is 0.0365. The van der Waals surface area contributed by atoms with Gasteiger partial charge in [-0.05, 0) is 36.6 Å². The highest BCUT2D eigenvalue weighted by molar-refractivity contribution is 5.99. The van der Waals surface area contributed by atoms with E-state index in [2.05, 4.69) is 10.6 Å². The number of hydrogen-bond donors (Lipinski definition) is 4. The Labute approximate surface area is 123 Å². The number of aliphatic hydroxyl groups is 1. The van der Waals surface area contributed by atoms with Crippen LogP contribution < -0.4 is 10.6 Å². The summed E-state index contributed by atoms with van der Waals surface area (Å²) in [6.07, 6.45) is 0.581. The molecule has 1 aliphatic heterocycles. The molecule has 21 heavy (non-hydrogen) atoms. The van der Waals surface area contributed by atoms with E-state index in [1.165, 1.54) is 0 Å². The zero-order valence-corrected chi connectivity index (χ0v) is 11.9. The van der Waals surface area contributed by atoms with E-state index in [1.807, 2.05) is 6.07 Å². The lowest BCUT2D eigenvalue weighted by Crippen LogP contribution is -2.37. The normalized spacial score (nSPS) is 16.2. The Morgan fingerprint density at radius 2 is 2.24 bits per heavy atom. The van der Waals surface area contributed by atoms with Crippen LogP contribution in [-0.2, 0) is 16.0 Å². The van der Waals surface area contributed by atoms with Gasteiger partial charge < -0.3 is 20.8 Å². The second kappa shape index (κ2) is 6.69. The number of aliphatic carboxylic acids is 1. The highest BCUT2D eigenvalue weighted by Gasteiger charge is 2.20. The second-order valence-electron chi connectivity index (χ2n) is 5.20. The summed E-state index contributed by atoms with van der Waals surface area (Å²) in [5, 5.41) is 24.7. The third-order valence-corrected chi connectivity index (χ3v) is 3.65. The van der Waals surface area contributed by atoms with Crippen molar-refractivity contribution in [3.63, 3.8) is 0 Å². The van der Waals surface area contributed by atoms with Gasteiger partial charge in [-0.3, -0.25) is 9.59 Å². The van der Waals surface area contributed by atoms with Gasteiger partial charge in [0.25, 0.3) is 0 Å². The average Bonchev–Trinajstić information content (AvgIpc) is 2.81. The number of carbonyl (C=O) groups excluding carboxylic acids is 1. The van der Waals surface area contributed by atoms with Gasteiger partial charge in [-0.25, -0.2) is 0 Å². The van der Waals surface area contributed by atoms with E-state index in [0.717, 1.165) is 16.8 Å². The summed E-state index contributed by atoms with van der Waals surface area (Å²) in [7, 11) is 0. The Bertz CT molecular complexity index is 544. The number of carbonyl (C=O) groups is 2. The van der Waals surface area contributed by atoms with Gasteiger partial charge in [-0.1, -0.05) is 19.1 Å². The highest BCUT2D eigenvalue weighted by atomic mass is 16.4. The summed E-state index contributed by atoms with van der Waals surface area (Å²) >= 11 is 0. The molecular weight excluding hydrogens is 272 g/mol. The third-order valence-electron chi connectivity index (χ3n) is 3.65. The van der Waals surface area contributed by atoms with Crippen LogP contribution in [0, 0.1) is 0 Å². The molecule has 0 spiro atoms. The second-order valence-corrected chi connectivity index (χ2v) is 5.20. The summed E-state index contributed by atoms with van der Waals surface area (Å²) in [6.45, 7) is 2.22. The summed E-state index contributed by atoms with van der Waals surface area (Å²) in [5.74, 6) is -0.917. The Hall–Kier alpha value is -1.92. The van der Waals surface area contributed by atoms with Gasteiger partial charge in [0.05, 0.1) is 12.5 Å². The van der Waals surface area contributed by atoms with Crippen molar-refractivity contribution in [2.45, 2.75) is 38.3 Å². The molecule has 114 valence electrons. The summed E-state index contributed by atoms with van der Waals surface area (Å²) < 4.78 is 0. The lowest BCUT2D eigenvalue weighted by Gasteiger charge is -2.15. The SMILES string of the molecule is CCC(NCCC(O)c1ccc2c(c1)CC(=O)N2)C(=O)O. The molecule has 1 heterocycles. The number of rotatable bonds is 7. The van der Waals surface area contributed by atoms with Gasteiger partial charge in [0.2, 0.25) is 5.91 Å². The fraction of sp³-hybridized carbons (Fsp3) is 0.467. The number of carboxylic acid groups (broad SMARTS) is 1. The number of aliphatic hydroxyl groups excluding tert-OH is 1. The topological polar surface area (TPSA) is 98.7 Å². The molecule has 0 bridgehead atoms. The van der Waals surface area contributed by atoms with E-state index >= 15 is 0 Å². The van der Waals surface area contributed by atoms with Crippen LogP contribution in [0.1, 0.15) is 37.0 Å². The maximum Gasteiger partial charge on any atom is 0.320 e. The van der Waals surface area contributed by atoms with Crippen molar-refractivity contribution >= 4 is 17.6 Å². The summed E-state index contributed by atoms with van der Waals surface area (Å²) in [4.78, 5) is 22.2. The van der Waals surface area contributed by atoms with E-state index in [4.69, 9.17) is 5.11 Å². The molecule has 1 aromatic rings. The first kappa shape index (κ1) is 15.5. The minimum Gasteiger partial charge on any atom is -0.480 e. The Kier molecular flexibility index (Phi) is 4.93. The van der Waals surface area contributed by atoms with Crippen molar-refractivity contribution < 1.29 is 19.8 Å². The number of nitrogens with one attached hydrogen (secondary N) is 2. The number of carboxylic acids is 1. The predicted molar refractivity (Wildman–Crippen MR) is 78.1 cm³/mol. The lowest BCUT2D eigenvalue weighted by atomic mass is 10.0. The quantitative estimate of drug-likeness (QED) is 0.602. The fourth-order valence-electron chi connectivity index (χ4n) is 2.42. The number of amides is 1. The number of anilines is 1. The number of fused-ring (bicyclic) bond motifs is 1. The predicted octanol–water partition coefficient (Wildman–Crippen LogP) is 1.06. The monoisotopic (exact) mass is 292 g/mol. The Morgan fingerprint density at radius 1 is 1.48 bits per heavy atom. The van der Waals surface area contributed by atoms with Crippen LogP contribution in [0.15, 0.2) is 18.2 Å². The van der Waals surface area contributed by atoms with Gasteiger partial charge >= 0.3 is 5.97 Å². The molecular formula is C15H20N2O4. The molecule has 6 heteroatoms. The van der Waals surface area contributed by atoms with Crippen molar-refractivity contribution in [2.75, 3.05) is 11.9 Å². The fourth-order valence-corrected chi connectivity index (χ4v) is 2.42. The molecule has 4 N–H and O–H groups in total. The molecule has 0 aromatic heterocycles. The molecule has 6 nitrogen and oxygen atoms in total. The first-order valence-corrected chi connectivity index (χ1v) is 7.08. The maximum atomic E-state index is 11.3. The molecule has 1 aliphatic rings. The van der Waals surface area contributed by atoms with Crippen molar-refractivity contribution in [1.29, 1.82) is 0 Å². The van der Waals surface area contributed by atoms with Crippen molar-refractivity contribution in [3.8, 4) is 0 Å². The van der Waals surface area contributed by atoms with Gasteiger partial charge in [0.1, 0.15) is 6.04 Å². The van der Waals surface area contributed by atoms with E-state index < -0.39 is 18.1 Å². The molecule has 1 amide bonds. The lowest BCUT2D eigenvalue weighted by molar-refractivity contribution is -0.139. The first-order valence-electron chi connectivity index (χ1n) is 7.08. The zero-order chi connectivity index (χ0) is 15.4. The zero-order valence-electron chi connectivity index (χ0n) is 11.9. The van der Waals surface area contributed by atoms with Crippen LogP contribution in [0.3, 0.4) is 0 Å². The van der Waals surface area contributed by atoms with Gasteiger partial charge in [-0.15, -0.1) is 0 Å². The third kappa shape index (κ3) is 3.80. The van der Waals surface area contributed by atoms with E-state index in [1.54, 1.807) is 19.1 Å². The van der Waals surface area contributed by atoms with Crippen LogP contribution in [0.4, 0.5) is 5.69 Å². The molecule has 2 rings (SSSR count). The standard InChI is InChI=1S/C15H20N2O4/c1-2-11(15(20)21)16-6-5-13(18)9-3-4-12-10(7-9)8-14(19)17-12/h3-4,7,11,13,16,18H,2,5-6,8H2,1H3,(H,17,19)(H,20,21). The molecule has 0 saturated heterocycles. The Balaban J connectivity index is 1.89. The largest absolute Gasteiger partial charge is 0.480 e. The summed E-state index contributed by atoms with van der Waals surface area (Å²) in [5.41, 5.74) is 2.43. The molecule has 0 aliphatic carbocycles. The molecule has 0 radical (unpaired) electrons. The highest BCUT2D eigenvalue weighted by Crippen LogP contribution is 2.27. The van der Waals surface area contributed by atoms with Crippen LogP contribution in [0.2, 0.25) is 0 Å². The smallest absolute Gasteiger partial charge is 0.320 e. The van der Waals surface area contributed by atoms with Crippen molar-refractivity contribution in [3.05, 3.63) is 29.3 Å². The Morgan fingerprint density at radius 3 is 2.90 bits per heavy atom. The molecule has 2 atom stereocenters. The van der Waals surface area contributed by atoms with Crippen molar-refractivity contribution in [1.82, 2.24) is 5.32 Å². The van der Waals surface area contributed by atoms with E-state index in [-0.39, 0.29) is 5.91 Å². The maximum absolute atomic E-state index is 11.3. The minimum atomic E-state index is -0.880. The van der Waals surface area contributed by atoms with Crippen molar-refractivity contribution in [2.24, 2.45) is 0 Å². The van der Waals surface area contributed by atoms with Crippen LogP contribution in [-0.4, -0.2) is 34.7 Å². The molecule has 0 saturated carbocycles.